The SMILES string of the molecule is COc1cc2c(cc1OC)[C@@H](CNC(=S)Nc1cccc(C)c1)N(Cc1cccc(F)c1)CC2. The van der Waals surface area contributed by atoms with E-state index in [1.54, 1.807) is 26.4 Å². The molecule has 34 heavy (non-hydrogen) atoms. The van der Waals surface area contributed by atoms with Gasteiger partial charge in [-0.25, -0.2) is 4.39 Å². The molecule has 0 spiro atoms. The van der Waals surface area contributed by atoms with Crippen LogP contribution in [0.15, 0.2) is 60.7 Å². The number of hydrogen-bond donors (Lipinski definition) is 2. The highest BCUT2D eigenvalue weighted by molar-refractivity contribution is 7.80. The first-order valence-electron chi connectivity index (χ1n) is 11.3. The number of halogens is 1. The van der Waals surface area contributed by atoms with Crippen molar-refractivity contribution in [2.24, 2.45) is 0 Å². The highest BCUT2D eigenvalue weighted by Crippen LogP contribution is 2.38. The Morgan fingerprint density at radius 3 is 2.56 bits per heavy atom. The summed E-state index contributed by atoms with van der Waals surface area (Å²) < 4.78 is 24.9. The third-order valence-corrected chi connectivity index (χ3v) is 6.37. The third kappa shape index (κ3) is 5.66. The van der Waals surface area contributed by atoms with Gasteiger partial charge in [0.2, 0.25) is 0 Å². The molecule has 1 aliphatic rings. The van der Waals surface area contributed by atoms with E-state index in [0.717, 1.165) is 41.1 Å². The Kier molecular flexibility index (Phi) is 7.65. The number of nitrogens with one attached hydrogen (secondary N) is 2. The number of rotatable bonds is 7. The minimum atomic E-state index is -0.223. The molecule has 0 amide bonds. The number of benzene rings is 3. The zero-order chi connectivity index (χ0) is 24.1. The van der Waals surface area contributed by atoms with Gasteiger partial charge in [0.05, 0.1) is 20.3 Å². The highest BCUT2D eigenvalue weighted by atomic mass is 32.1. The molecule has 3 aromatic rings. The summed E-state index contributed by atoms with van der Waals surface area (Å²) in [6.07, 6.45) is 0.869. The predicted octanol–water partition coefficient (Wildman–Crippen LogP) is 5.24. The first-order valence-corrected chi connectivity index (χ1v) is 11.7. The molecule has 0 radical (unpaired) electrons. The van der Waals surface area contributed by atoms with Crippen molar-refractivity contribution in [1.82, 2.24) is 10.2 Å². The van der Waals surface area contributed by atoms with Crippen LogP contribution in [0, 0.1) is 12.7 Å². The molecule has 0 bridgehead atoms. The van der Waals surface area contributed by atoms with Gasteiger partial charge in [-0.2, -0.15) is 0 Å². The van der Waals surface area contributed by atoms with Crippen molar-refractivity contribution in [2.75, 3.05) is 32.6 Å². The van der Waals surface area contributed by atoms with Crippen LogP contribution in [0.2, 0.25) is 0 Å². The Balaban J connectivity index is 1.57. The lowest BCUT2D eigenvalue weighted by molar-refractivity contribution is 0.176. The molecule has 0 aromatic heterocycles. The van der Waals surface area contributed by atoms with Crippen molar-refractivity contribution in [3.63, 3.8) is 0 Å². The van der Waals surface area contributed by atoms with Gasteiger partial charge in [-0.05, 0) is 84.2 Å². The van der Waals surface area contributed by atoms with Gasteiger partial charge in [0.25, 0.3) is 0 Å². The van der Waals surface area contributed by atoms with Gasteiger partial charge in [-0.15, -0.1) is 0 Å². The molecule has 178 valence electrons. The molecule has 1 heterocycles. The van der Waals surface area contributed by atoms with Crippen LogP contribution in [0.4, 0.5) is 10.1 Å². The van der Waals surface area contributed by atoms with E-state index < -0.39 is 0 Å². The third-order valence-electron chi connectivity index (χ3n) is 6.12. The van der Waals surface area contributed by atoms with Crippen LogP contribution in [0.25, 0.3) is 0 Å². The van der Waals surface area contributed by atoms with Crippen molar-refractivity contribution < 1.29 is 13.9 Å². The lowest BCUT2D eigenvalue weighted by atomic mass is 9.91. The summed E-state index contributed by atoms with van der Waals surface area (Å²) in [7, 11) is 3.30. The van der Waals surface area contributed by atoms with Crippen LogP contribution in [0.5, 0.6) is 11.5 Å². The maximum atomic E-state index is 13.8. The van der Waals surface area contributed by atoms with Gasteiger partial charge in [-0.3, -0.25) is 4.90 Å². The Labute approximate surface area is 205 Å². The number of aryl methyl sites for hydroxylation is 1. The normalized spacial score (nSPS) is 15.4. The molecule has 2 N–H and O–H groups in total. The monoisotopic (exact) mass is 479 g/mol. The van der Waals surface area contributed by atoms with E-state index in [2.05, 4.69) is 33.7 Å². The predicted molar refractivity (Wildman–Crippen MR) is 138 cm³/mol. The van der Waals surface area contributed by atoms with Crippen molar-refractivity contribution in [2.45, 2.75) is 25.9 Å². The average Bonchev–Trinajstić information content (AvgIpc) is 2.82. The Hall–Kier alpha value is -3.16. The summed E-state index contributed by atoms with van der Waals surface area (Å²) in [5, 5.41) is 7.21. The number of ether oxygens (including phenoxy) is 2. The summed E-state index contributed by atoms with van der Waals surface area (Å²) in [6.45, 7) is 4.11. The van der Waals surface area contributed by atoms with Crippen LogP contribution in [0.3, 0.4) is 0 Å². The van der Waals surface area contributed by atoms with Gasteiger partial charge >= 0.3 is 0 Å². The second kappa shape index (κ2) is 10.8. The molecule has 1 atom stereocenters. The maximum Gasteiger partial charge on any atom is 0.170 e. The van der Waals surface area contributed by atoms with E-state index in [1.807, 2.05) is 31.2 Å². The number of hydrogen-bond acceptors (Lipinski definition) is 4. The summed E-state index contributed by atoms with van der Waals surface area (Å²) in [4.78, 5) is 2.35. The summed E-state index contributed by atoms with van der Waals surface area (Å²) in [5.41, 5.74) is 5.43. The number of thiocarbonyl (C=S) groups is 1. The summed E-state index contributed by atoms with van der Waals surface area (Å²) >= 11 is 5.59. The van der Waals surface area contributed by atoms with E-state index in [0.29, 0.717) is 24.0 Å². The fraction of sp³-hybridized carbons (Fsp3) is 0.296. The zero-order valence-corrected chi connectivity index (χ0v) is 20.5. The van der Waals surface area contributed by atoms with Crippen LogP contribution < -0.4 is 20.1 Å². The van der Waals surface area contributed by atoms with Crippen molar-refractivity contribution in [3.8, 4) is 11.5 Å². The van der Waals surface area contributed by atoms with Gasteiger partial charge < -0.3 is 20.1 Å². The fourth-order valence-corrected chi connectivity index (χ4v) is 4.67. The van der Waals surface area contributed by atoms with E-state index in [9.17, 15) is 4.39 Å². The van der Waals surface area contributed by atoms with Crippen LogP contribution in [-0.4, -0.2) is 37.3 Å². The lowest BCUT2D eigenvalue weighted by Gasteiger charge is -2.38. The van der Waals surface area contributed by atoms with E-state index >= 15 is 0 Å². The zero-order valence-electron chi connectivity index (χ0n) is 19.7. The van der Waals surface area contributed by atoms with Gasteiger partial charge in [0.1, 0.15) is 5.82 Å². The van der Waals surface area contributed by atoms with Crippen LogP contribution >= 0.6 is 12.2 Å². The molecular weight excluding hydrogens is 449 g/mol. The number of fused-ring (bicyclic) bond motifs is 1. The number of methoxy groups -OCH3 is 2. The molecular formula is C27H30FN3O2S. The van der Waals surface area contributed by atoms with Crippen molar-refractivity contribution >= 4 is 23.0 Å². The van der Waals surface area contributed by atoms with Crippen LogP contribution in [0.1, 0.15) is 28.3 Å². The molecule has 0 unspecified atom stereocenters. The highest BCUT2D eigenvalue weighted by Gasteiger charge is 2.29. The standard InChI is InChI=1S/C27H30FN3O2S/c1-18-6-4-9-22(12-18)30-27(34)29-16-24-23-15-26(33-3)25(32-2)14-20(23)10-11-31(24)17-19-7-5-8-21(28)13-19/h4-9,12-15,24H,10-11,16-17H2,1-3H3,(H2,29,30,34)/t24-/m1/s1. The summed E-state index contributed by atoms with van der Waals surface area (Å²) in [5.74, 6) is 1.20. The quantitative estimate of drug-likeness (QED) is 0.452. The van der Waals surface area contributed by atoms with E-state index in [4.69, 9.17) is 21.7 Å². The minimum absolute atomic E-state index is 0.0177. The van der Waals surface area contributed by atoms with E-state index in [-0.39, 0.29) is 11.9 Å². The molecule has 0 aliphatic carbocycles. The first-order chi connectivity index (χ1) is 16.5. The minimum Gasteiger partial charge on any atom is -0.493 e. The van der Waals surface area contributed by atoms with E-state index in [1.165, 1.54) is 11.6 Å². The molecule has 0 saturated carbocycles. The Morgan fingerprint density at radius 2 is 1.82 bits per heavy atom. The van der Waals surface area contributed by atoms with Gasteiger partial charge in [-0.1, -0.05) is 24.3 Å². The Morgan fingerprint density at radius 1 is 1.06 bits per heavy atom. The van der Waals surface area contributed by atoms with Crippen molar-refractivity contribution in [1.29, 1.82) is 0 Å². The molecule has 5 nitrogen and oxygen atoms in total. The topological polar surface area (TPSA) is 45.8 Å². The first kappa shape index (κ1) is 24.0. The largest absolute Gasteiger partial charge is 0.493 e. The Bertz CT molecular complexity index is 1170. The lowest BCUT2D eigenvalue weighted by Crippen LogP contribution is -2.42. The molecule has 1 aliphatic heterocycles. The summed E-state index contributed by atoms with van der Waals surface area (Å²) in [6, 6.07) is 19.0. The molecule has 0 saturated heterocycles. The number of nitrogens with zero attached hydrogens (tertiary/aromatic N) is 1. The second-order valence-corrected chi connectivity index (χ2v) is 8.88. The second-order valence-electron chi connectivity index (χ2n) is 8.48. The molecule has 3 aromatic carbocycles. The molecule has 7 heteroatoms. The molecule has 4 rings (SSSR count). The average molecular weight is 480 g/mol. The fourth-order valence-electron chi connectivity index (χ4n) is 4.47. The molecule has 0 fully saturated rings. The van der Waals surface area contributed by atoms with Gasteiger partial charge in [0.15, 0.2) is 16.6 Å². The van der Waals surface area contributed by atoms with Crippen LogP contribution in [-0.2, 0) is 13.0 Å². The maximum absolute atomic E-state index is 13.8. The van der Waals surface area contributed by atoms with Crippen molar-refractivity contribution in [3.05, 3.63) is 88.7 Å². The van der Waals surface area contributed by atoms with Gasteiger partial charge in [0, 0.05) is 25.3 Å². The number of anilines is 1. The smallest absolute Gasteiger partial charge is 0.170 e.